The van der Waals surface area contributed by atoms with Crippen LogP contribution < -0.4 is 5.32 Å². The zero-order valence-electron chi connectivity index (χ0n) is 12.7. The van der Waals surface area contributed by atoms with Crippen molar-refractivity contribution in [2.45, 2.75) is 45.2 Å². The number of nitrogens with one attached hydrogen (secondary N) is 1. The van der Waals surface area contributed by atoms with Gasteiger partial charge >= 0.3 is 0 Å². The van der Waals surface area contributed by atoms with Gasteiger partial charge in [0.1, 0.15) is 0 Å². The molecule has 1 aromatic rings. The molecule has 1 unspecified atom stereocenters. The smallest absolute Gasteiger partial charge is 0.0722 e. The second-order valence-corrected chi connectivity index (χ2v) is 6.49. The van der Waals surface area contributed by atoms with Crippen LogP contribution in [0.2, 0.25) is 0 Å². The van der Waals surface area contributed by atoms with E-state index in [1.807, 2.05) is 11.7 Å². The Bertz CT molecular complexity index is 402. The van der Waals surface area contributed by atoms with Crippen LogP contribution in [0, 0.1) is 0 Å². The molecule has 1 saturated heterocycles. The maximum atomic E-state index is 4.64. The van der Waals surface area contributed by atoms with Crippen molar-refractivity contribution in [3.8, 4) is 0 Å². The molecule has 1 aromatic heterocycles. The number of nitrogens with zero attached hydrogens (tertiary/aromatic N) is 3. The number of halogens is 1. The minimum atomic E-state index is 0. The first-order valence-electron chi connectivity index (χ1n) is 6.82. The van der Waals surface area contributed by atoms with Gasteiger partial charge in [0.15, 0.2) is 0 Å². The Kier molecular flexibility index (Phi) is 5.42. The fourth-order valence-electron chi connectivity index (χ4n) is 2.70. The van der Waals surface area contributed by atoms with Gasteiger partial charge in [-0.1, -0.05) is 20.8 Å². The first kappa shape index (κ1) is 16.5. The van der Waals surface area contributed by atoms with Gasteiger partial charge in [0, 0.05) is 43.4 Å². The van der Waals surface area contributed by atoms with Gasteiger partial charge in [-0.2, -0.15) is 5.10 Å². The Morgan fingerprint density at radius 2 is 2.16 bits per heavy atom. The fourth-order valence-corrected chi connectivity index (χ4v) is 2.70. The Hall–Kier alpha value is -0.580. The molecule has 0 amide bonds. The van der Waals surface area contributed by atoms with E-state index in [1.165, 1.54) is 17.7 Å². The summed E-state index contributed by atoms with van der Waals surface area (Å²) in [7, 11) is 4.23. The molecule has 0 radical (unpaired) electrons. The minimum Gasteiger partial charge on any atom is -0.315 e. The normalized spacial score (nSPS) is 19.8. The van der Waals surface area contributed by atoms with E-state index in [4.69, 9.17) is 0 Å². The van der Waals surface area contributed by atoms with Crippen LogP contribution in [0.1, 0.15) is 38.4 Å². The highest BCUT2D eigenvalue weighted by Crippen LogP contribution is 2.25. The van der Waals surface area contributed by atoms with Crippen molar-refractivity contribution in [2.75, 3.05) is 20.1 Å². The molecule has 1 fully saturated rings. The highest BCUT2D eigenvalue weighted by Gasteiger charge is 2.25. The van der Waals surface area contributed by atoms with Crippen LogP contribution in [0.4, 0.5) is 0 Å². The molecule has 19 heavy (non-hydrogen) atoms. The standard InChI is InChI=1S/C14H26N4.ClH/c1-14(2,3)13-11(10-18(5)16-13)9-17(4)12-6-7-15-8-12;/h10,12,15H,6-9H2,1-5H3;1H. The second kappa shape index (κ2) is 6.25. The number of aryl methyl sites for hydroxylation is 1. The summed E-state index contributed by atoms with van der Waals surface area (Å²) in [5.74, 6) is 0. The summed E-state index contributed by atoms with van der Waals surface area (Å²) in [6.45, 7) is 9.95. The number of hydrogen-bond acceptors (Lipinski definition) is 3. The lowest BCUT2D eigenvalue weighted by atomic mass is 9.89. The lowest BCUT2D eigenvalue weighted by Crippen LogP contribution is -2.33. The molecule has 2 rings (SSSR count). The average Bonchev–Trinajstić information content (AvgIpc) is 2.85. The van der Waals surface area contributed by atoms with Crippen molar-refractivity contribution in [1.82, 2.24) is 20.0 Å². The molecule has 110 valence electrons. The maximum absolute atomic E-state index is 4.64. The van der Waals surface area contributed by atoms with Gasteiger partial charge in [-0.05, 0) is 20.0 Å². The molecule has 1 aliphatic rings. The summed E-state index contributed by atoms with van der Waals surface area (Å²) in [5.41, 5.74) is 2.70. The van der Waals surface area contributed by atoms with Gasteiger partial charge in [0.05, 0.1) is 5.69 Å². The van der Waals surface area contributed by atoms with Crippen molar-refractivity contribution in [3.05, 3.63) is 17.5 Å². The van der Waals surface area contributed by atoms with E-state index in [2.05, 4.69) is 49.3 Å². The molecular formula is C14H27ClN4. The molecular weight excluding hydrogens is 260 g/mol. The zero-order chi connectivity index (χ0) is 13.3. The SMILES string of the molecule is CN(Cc1cn(C)nc1C(C)(C)C)C1CCNC1.Cl. The summed E-state index contributed by atoms with van der Waals surface area (Å²) < 4.78 is 1.94. The number of likely N-dealkylation sites (N-methyl/N-ethyl adjacent to an activating group) is 1. The first-order valence-corrected chi connectivity index (χ1v) is 6.82. The van der Waals surface area contributed by atoms with Gasteiger partial charge in [0.25, 0.3) is 0 Å². The van der Waals surface area contributed by atoms with Gasteiger partial charge in [-0.15, -0.1) is 12.4 Å². The Balaban J connectivity index is 0.00000180. The lowest BCUT2D eigenvalue weighted by molar-refractivity contribution is 0.247. The number of aromatic nitrogens is 2. The summed E-state index contributed by atoms with van der Waals surface area (Å²) in [5, 5.41) is 8.06. The van der Waals surface area contributed by atoms with Gasteiger partial charge in [0.2, 0.25) is 0 Å². The molecule has 0 spiro atoms. The molecule has 1 N–H and O–H groups in total. The van der Waals surface area contributed by atoms with Crippen molar-refractivity contribution < 1.29 is 0 Å². The van der Waals surface area contributed by atoms with E-state index in [1.54, 1.807) is 0 Å². The van der Waals surface area contributed by atoms with Crippen LogP contribution in [-0.4, -0.2) is 40.9 Å². The summed E-state index contributed by atoms with van der Waals surface area (Å²) in [6, 6.07) is 0.665. The van der Waals surface area contributed by atoms with Crippen LogP contribution in [0.3, 0.4) is 0 Å². The van der Waals surface area contributed by atoms with Crippen LogP contribution in [0.5, 0.6) is 0 Å². The molecule has 1 atom stereocenters. The molecule has 2 heterocycles. The van der Waals surface area contributed by atoms with Gasteiger partial charge < -0.3 is 5.32 Å². The molecule has 0 saturated carbocycles. The topological polar surface area (TPSA) is 33.1 Å². The van der Waals surface area contributed by atoms with Crippen LogP contribution >= 0.6 is 12.4 Å². The third-order valence-corrected chi connectivity index (χ3v) is 3.69. The summed E-state index contributed by atoms with van der Waals surface area (Å²) in [4.78, 5) is 2.45. The highest BCUT2D eigenvalue weighted by molar-refractivity contribution is 5.85. The number of hydrogen-bond donors (Lipinski definition) is 1. The van der Waals surface area contributed by atoms with Crippen LogP contribution in [0.15, 0.2) is 6.20 Å². The average molecular weight is 287 g/mol. The monoisotopic (exact) mass is 286 g/mol. The first-order chi connectivity index (χ1) is 8.38. The largest absolute Gasteiger partial charge is 0.315 e. The molecule has 0 bridgehead atoms. The Labute approximate surface area is 123 Å². The fraction of sp³-hybridized carbons (Fsp3) is 0.786. The summed E-state index contributed by atoms with van der Waals surface area (Å²) in [6.07, 6.45) is 3.42. The molecule has 1 aliphatic heterocycles. The molecule has 5 heteroatoms. The van der Waals surface area contributed by atoms with E-state index < -0.39 is 0 Å². The number of rotatable bonds is 3. The van der Waals surface area contributed by atoms with Crippen molar-refractivity contribution in [1.29, 1.82) is 0 Å². The van der Waals surface area contributed by atoms with E-state index in [9.17, 15) is 0 Å². The van der Waals surface area contributed by atoms with Gasteiger partial charge in [-0.3, -0.25) is 9.58 Å². The van der Waals surface area contributed by atoms with Crippen LogP contribution in [-0.2, 0) is 19.0 Å². The lowest BCUT2D eigenvalue weighted by Gasteiger charge is -2.25. The maximum Gasteiger partial charge on any atom is 0.0722 e. The molecule has 0 aromatic carbocycles. The van der Waals surface area contributed by atoms with E-state index in [0.717, 1.165) is 19.6 Å². The quantitative estimate of drug-likeness (QED) is 0.922. The Morgan fingerprint density at radius 3 is 2.68 bits per heavy atom. The van der Waals surface area contributed by atoms with E-state index in [-0.39, 0.29) is 17.8 Å². The van der Waals surface area contributed by atoms with E-state index >= 15 is 0 Å². The minimum absolute atomic E-state index is 0. The Morgan fingerprint density at radius 1 is 1.47 bits per heavy atom. The van der Waals surface area contributed by atoms with Crippen molar-refractivity contribution >= 4 is 12.4 Å². The van der Waals surface area contributed by atoms with Gasteiger partial charge in [-0.25, -0.2) is 0 Å². The highest BCUT2D eigenvalue weighted by atomic mass is 35.5. The van der Waals surface area contributed by atoms with E-state index in [0.29, 0.717) is 6.04 Å². The predicted molar refractivity (Wildman–Crippen MR) is 81.9 cm³/mol. The second-order valence-electron chi connectivity index (χ2n) is 6.49. The summed E-state index contributed by atoms with van der Waals surface area (Å²) >= 11 is 0. The van der Waals surface area contributed by atoms with Crippen LogP contribution in [0.25, 0.3) is 0 Å². The molecule has 4 nitrogen and oxygen atoms in total. The predicted octanol–water partition coefficient (Wildman–Crippen LogP) is 1.93. The third-order valence-electron chi connectivity index (χ3n) is 3.69. The van der Waals surface area contributed by atoms with Crippen molar-refractivity contribution in [2.24, 2.45) is 7.05 Å². The third kappa shape index (κ3) is 3.94. The zero-order valence-corrected chi connectivity index (χ0v) is 13.5. The van der Waals surface area contributed by atoms with Crippen molar-refractivity contribution in [3.63, 3.8) is 0 Å². The molecule has 0 aliphatic carbocycles.